The van der Waals surface area contributed by atoms with Crippen LogP contribution in [0.15, 0.2) is 29.6 Å². The number of fused-ring (bicyclic) bond motifs is 1. The normalized spacial score (nSPS) is 12.8. The van der Waals surface area contributed by atoms with Crippen LogP contribution >= 0.6 is 11.3 Å². The van der Waals surface area contributed by atoms with Gasteiger partial charge in [-0.1, -0.05) is 25.1 Å². The number of thiophene rings is 1. The minimum atomic E-state index is 0.0213. The number of hydrogen-bond donors (Lipinski definition) is 0. The first-order valence-corrected chi connectivity index (χ1v) is 6.61. The van der Waals surface area contributed by atoms with Gasteiger partial charge in [-0.25, -0.2) is 0 Å². The molecule has 2 aromatic rings. The average molecular weight is 248 g/mol. The van der Waals surface area contributed by atoms with Crippen molar-refractivity contribution in [1.82, 2.24) is 0 Å². The summed E-state index contributed by atoms with van der Waals surface area (Å²) < 4.78 is 6.19. The Morgan fingerprint density at radius 2 is 2.18 bits per heavy atom. The van der Waals surface area contributed by atoms with E-state index in [1.165, 1.54) is 4.70 Å². The molecule has 2 nitrogen and oxygen atoms in total. The van der Waals surface area contributed by atoms with E-state index in [1.807, 2.05) is 30.5 Å². The second-order valence-corrected chi connectivity index (χ2v) is 5.10. The Hall–Kier alpha value is -1.19. The van der Waals surface area contributed by atoms with Crippen molar-refractivity contribution < 1.29 is 9.53 Å². The lowest BCUT2D eigenvalue weighted by atomic mass is 9.96. The number of ether oxygens (including phenoxy) is 1. The lowest BCUT2D eigenvalue weighted by Gasteiger charge is -2.08. The fourth-order valence-electron chi connectivity index (χ4n) is 1.86. The van der Waals surface area contributed by atoms with Crippen LogP contribution in [0, 0.1) is 5.92 Å². The molecule has 0 saturated heterocycles. The molecule has 17 heavy (non-hydrogen) atoms. The van der Waals surface area contributed by atoms with Crippen LogP contribution in [0.2, 0.25) is 0 Å². The highest BCUT2D eigenvalue weighted by molar-refractivity contribution is 7.17. The standard InChI is InChI=1S/C14H16O2S/c1-10(7-8-16-2)14(15)12-9-17-13-6-4-3-5-11(12)13/h3-6,9-10H,7-8H2,1-2H3. The fraction of sp³-hybridized carbons (Fsp3) is 0.357. The molecule has 0 aliphatic carbocycles. The summed E-state index contributed by atoms with van der Waals surface area (Å²) >= 11 is 1.63. The van der Waals surface area contributed by atoms with Crippen LogP contribution in [0.5, 0.6) is 0 Å². The van der Waals surface area contributed by atoms with Gasteiger partial charge in [0.15, 0.2) is 5.78 Å². The molecule has 90 valence electrons. The van der Waals surface area contributed by atoms with Gasteiger partial charge in [-0.05, 0) is 12.5 Å². The van der Waals surface area contributed by atoms with Crippen molar-refractivity contribution in [2.45, 2.75) is 13.3 Å². The molecule has 0 radical (unpaired) electrons. The topological polar surface area (TPSA) is 26.3 Å². The highest BCUT2D eigenvalue weighted by Gasteiger charge is 2.18. The van der Waals surface area contributed by atoms with Gasteiger partial charge in [0.1, 0.15) is 0 Å². The van der Waals surface area contributed by atoms with Crippen molar-refractivity contribution in [3.8, 4) is 0 Å². The molecule has 0 fully saturated rings. The summed E-state index contributed by atoms with van der Waals surface area (Å²) in [7, 11) is 1.66. The molecule has 1 aromatic heterocycles. The number of carbonyl (C=O) groups is 1. The lowest BCUT2D eigenvalue weighted by Crippen LogP contribution is -2.12. The third kappa shape index (κ3) is 2.56. The van der Waals surface area contributed by atoms with E-state index < -0.39 is 0 Å². The molecule has 1 heterocycles. The first kappa shape index (κ1) is 12.3. The SMILES string of the molecule is COCCC(C)C(=O)c1csc2ccccc12. The molecule has 0 bridgehead atoms. The highest BCUT2D eigenvalue weighted by Crippen LogP contribution is 2.28. The van der Waals surface area contributed by atoms with E-state index in [4.69, 9.17) is 4.74 Å². The third-order valence-electron chi connectivity index (χ3n) is 2.95. The van der Waals surface area contributed by atoms with Gasteiger partial charge in [0.25, 0.3) is 0 Å². The van der Waals surface area contributed by atoms with E-state index in [0.717, 1.165) is 17.4 Å². The predicted octanol–water partition coefficient (Wildman–Crippen LogP) is 3.76. The number of hydrogen-bond acceptors (Lipinski definition) is 3. The van der Waals surface area contributed by atoms with Crippen LogP contribution in [0.1, 0.15) is 23.7 Å². The zero-order valence-electron chi connectivity index (χ0n) is 10.1. The van der Waals surface area contributed by atoms with Crippen molar-refractivity contribution in [3.63, 3.8) is 0 Å². The Kier molecular flexibility index (Phi) is 3.92. The van der Waals surface area contributed by atoms with Crippen LogP contribution in [-0.2, 0) is 4.74 Å². The number of ketones is 1. The number of carbonyl (C=O) groups excluding carboxylic acids is 1. The van der Waals surface area contributed by atoms with Crippen LogP contribution in [-0.4, -0.2) is 19.5 Å². The molecule has 0 aliphatic rings. The Morgan fingerprint density at radius 3 is 2.94 bits per heavy atom. The molecule has 1 aromatic carbocycles. The molecule has 2 rings (SSSR count). The third-order valence-corrected chi connectivity index (χ3v) is 3.91. The number of rotatable bonds is 5. The summed E-state index contributed by atoms with van der Waals surface area (Å²) in [4.78, 5) is 12.3. The maximum atomic E-state index is 12.3. The molecule has 0 aliphatic heterocycles. The van der Waals surface area contributed by atoms with Gasteiger partial charge in [-0.15, -0.1) is 11.3 Å². The molecule has 0 N–H and O–H groups in total. The van der Waals surface area contributed by atoms with E-state index in [0.29, 0.717) is 6.61 Å². The maximum Gasteiger partial charge on any atom is 0.167 e. The summed E-state index contributed by atoms with van der Waals surface area (Å²) in [6.07, 6.45) is 0.777. The number of benzene rings is 1. The van der Waals surface area contributed by atoms with Crippen molar-refractivity contribution in [1.29, 1.82) is 0 Å². The van der Waals surface area contributed by atoms with Crippen molar-refractivity contribution in [2.24, 2.45) is 5.92 Å². The molecule has 3 heteroatoms. The first-order valence-electron chi connectivity index (χ1n) is 5.73. The van der Waals surface area contributed by atoms with Gasteiger partial charge in [0, 0.05) is 40.7 Å². The molecule has 0 amide bonds. The first-order chi connectivity index (χ1) is 8.24. The van der Waals surface area contributed by atoms with Gasteiger partial charge in [0.05, 0.1) is 0 Å². The monoisotopic (exact) mass is 248 g/mol. The van der Waals surface area contributed by atoms with Crippen LogP contribution in [0.4, 0.5) is 0 Å². The Balaban J connectivity index is 2.24. The van der Waals surface area contributed by atoms with Crippen molar-refractivity contribution in [2.75, 3.05) is 13.7 Å². The highest BCUT2D eigenvalue weighted by atomic mass is 32.1. The second-order valence-electron chi connectivity index (χ2n) is 4.19. The molecule has 1 unspecified atom stereocenters. The zero-order valence-corrected chi connectivity index (χ0v) is 10.9. The van der Waals surface area contributed by atoms with Crippen LogP contribution < -0.4 is 0 Å². The summed E-state index contributed by atoms with van der Waals surface area (Å²) in [6.45, 7) is 2.60. The van der Waals surface area contributed by atoms with Gasteiger partial charge in [0.2, 0.25) is 0 Å². The Morgan fingerprint density at radius 1 is 1.41 bits per heavy atom. The number of methoxy groups -OCH3 is 1. The van der Waals surface area contributed by atoms with Gasteiger partial charge >= 0.3 is 0 Å². The second kappa shape index (κ2) is 5.43. The summed E-state index contributed by atoms with van der Waals surface area (Å²) in [5.74, 6) is 0.243. The van der Waals surface area contributed by atoms with E-state index >= 15 is 0 Å². The minimum absolute atomic E-state index is 0.0213. The van der Waals surface area contributed by atoms with Crippen molar-refractivity contribution >= 4 is 27.2 Å². The van der Waals surface area contributed by atoms with E-state index in [-0.39, 0.29) is 11.7 Å². The van der Waals surface area contributed by atoms with Gasteiger partial charge in [-0.3, -0.25) is 4.79 Å². The lowest BCUT2D eigenvalue weighted by molar-refractivity contribution is 0.0896. The van der Waals surface area contributed by atoms with Crippen molar-refractivity contribution in [3.05, 3.63) is 35.2 Å². The summed E-state index contributed by atoms with van der Waals surface area (Å²) in [6, 6.07) is 8.05. The molecule has 1 atom stereocenters. The van der Waals surface area contributed by atoms with E-state index in [1.54, 1.807) is 18.4 Å². The van der Waals surface area contributed by atoms with E-state index in [2.05, 4.69) is 6.07 Å². The smallest absolute Gasteiger partial charge is 0.167 e. The summed E-state index contributed by atoms with van der Waals surface area (Å²) in [5.41, 5.74) is 0.856. The minimum Gasteiger partial charge on any atom is -0.385 e. The fourth-order valence-corrected chi connectivity index (χ4v) is 2.81. The molecule has 0 saturated carbocycles. The molecular weight excluding hydrogens is 232 g/mol. The van der Waals surface area contributed by atoms with Crippen LogP contribution in [0.25, 0.3) is 10.1 Å². The predicted molar refractivity (Wildman–Crippen MR) is 71.8 cm³/mol. The van der Waals surface area contributed by atoms with Crippen LogP contribution in [0.3, 0.4) is 0 Å². The average Bonchev–Trinajstić information content (AvgIpc) is 2.78. The maximum absolute atomic E-state index is 12.3. The van der Waals surface area contributed by atoms with Gasteiger partial charge in [-0.2, -0.15) is 0 Å². The largest absolute Gasteiger partial charge is 0.385 e. The Labute approximate surface area is 105 Å². The molecule has 0 spiro atoms. The quantitative estimate of drug-likeness (QED) is 0.753. The van der Waals surface area contributed by atoms with E-state index in [9.17, 15) is 4.79 Å². The van der Waals surface area contributed by atoms with Gasteiger partial charge < -0.3 is 4.74 Å². The molecular formula is C14H16O2S. The Bertz CT molecular complexity index is 516. The zero-order chi connectivity index (χ0) is 12.3. The number of Topliss-reactive ketones (excluding diaryl/α,β-unsaturated/α-hetero) is 1. The summed E-state index contributed by atoms with van der Waals surface area (Å²) in [5, 5.41) is 3.04.